The summed E-state index contributed by atoms with van der Waals surface area (Å²) in [6.45, 7) is 2.22. The van der Waals surface area contributed by atoms with E-state index >= 15 is 0 Å². The molecule has 0 heterocycles. The first kappa shape index (κ1) is 11.1. The molecule has 2 aliphatic carbocycles. The van der Waals surface area contributed by atoms with Gasteiger partial charge in [-0.1, -0.05) is 19.8 Å². The van der Waals surface area contributed by atoms with E-state index in [1.807, 2.05) is 0 Å². The van der Waals surface area contributed by atoms with E-state index in [1.54, 1.807) is 0 Å². The average Bonchev–Trinajstić information content (AvgIpc) is 2.65. The summed E-state index contributed by atoms with van der Waals surface area (Å²) in [6.07, 6.45) is 7.87. The minimum absolute atomic E-state index is 0.150. The summed E-state index contributed by atoms with van der Waals surface area (Å²) in [5, 5.41) is 10.2. The minimum Gasteiger partial charge on any atom is -0.382 e. The van der Waals surface area contributed by atoms with Crippen LogP contribution in [0.25, 0.3) is 0 Å². The van der Waals surface area contributed by atoms with Crippen LogP contribution in [-0.2, 0) is 4.79 Å². The van der Waals surface area contributed by atoms with E-state index in [9.17, 15) is 9.90 Å². The van der Waals surface area contributed by atoms with Gasteiger partial charge in [0.1, 0.15) is 5.60 Å². The summed E-state index contributed by atoms with van der Waals surface area (Å²) < 4.78 is 0. The topological polar surface area (TPSA) is 37.3 Å². The summed E-state index contributed by atoms with van der Waals surface area (Å²) in [4.78, 5) is 12.2. The molecule has 0 amide bonds. The van der Waals surface area contributed by atoms with Gasteiger partial charge in [-0.3, -0.25) is 4.79 Å². The first-order chi connectivity index (χ1) is 7.12. The molecule has 2 nitrogen and oxygen atoms in total. The lowest BCUT2D eigenvalue weighted by Gasteiger charge is -2.31. The molecule has 2 unspecified atom stereocenters. The molecule has 0 aliphatic heterocycles. The zero-order chi connectivity index (χ0) is 10.9. The summed E-state index contributed by atoms with van der Waals surface area (Å²) in [5.41, 5.74) is -0.943. The quantitative estimate of drug-likeness (QED) is 0.761. The number of hydrogen-bond donors (Lipinski definition) is 1. The number of ketones is 1. The molecule has 2 rings (SSSR count). The molecular weight excluding hydrogens is 188 g/mol. The number of carbonyl (C=O) groups is 1. The Hall–Kier alpha value is -0.370. The fraction of sp³-hybridized carbons (Fsp3) is 0.923. The molecular formula is C13H22O2. The van der Waals surface area contributed by atoms with E-state index in [2.05, 4.69) is 6.92 Å². The van der Waals surface area contributed by atoms with E-state index in [-0.39, 0.29) is 11.7 Å². The summed E-state index contributed by atoms with van der Waals surface area (Å²) in [6, 6.07) is 0. The van der Waals surface area contributed by atoms with Gasteiger partial charge in [0, 0.05) is 5.92 Å². The normalized spacial score (nSPS) is 35.3. The fourth-order valence-corrected chi connectivity index (χ4v) is 3.26. The highest BCUT2D eigenvalue weighted by Crippen LogP contribution is 2.37. The SMILES string of the molecule is CC1CCCC(C(=O)C2(O)CCCC2)C1. The van der Waals surface area contributed by atoms with Gasteiger partial charge in [0.25, 0.3) is 0 Å². The molecule has 2 saturated carbocycles. The molecule has 1 N–H and O–H groups in total. The zero-order valence-electron chi connectivity index (χ0n) is 9.67. The van der Waals surface area contributed by atoms with Crippen LogP contribution in [0.2, 0.25) is 0 Å². The fourth-order valence-electron chi connectivity index (χ4n) is 3.26. The molecule has 0 saturated heterocycles. The van der Waals surface area contributed by atoms with Crippen LogP contribution >= 0.6 is 0 Å². The maximum atomic E-state index is 12.2. The summed E-state index contributed by atoms with van der Waals surface area (Å²) >= 11 is 0. The van der Waals surface area contributed by atoms with Crippen molar-refractivity contribution < 1.29 is 9.90 Å². The second kappa shape index (κ2) is 4.25. The maximum absolute atomic E-state index is 12.2. The number of aliphatic hydroxyl groups is 1. The highest BCUT2D eigenvalue weighted by atomic mass is 16.3. The van der Waals surface area contributed by atoms with Crippen LogP contribution in [-0.4, -0.2) is 16.5 Å². The van der Waals surface area contributed by atoms with E-state index in [0.717, 1.165) is 32.1 Å². The maximum Gasteiger partial charge on any atom is 0.167 e. The predicted molar refractivity (Wildman–Crippen MR) is 59.5 cm³/mol. The Labute approximate surface area is 92.1 Å². The van der Waals surface area contributed by atoms with Crippen LogP contribution < -0.4 is 0 Å². The van der Waals surface area contributed by atoms with E-state index in [4.69, 9.17) is 0 Å². The Kier molecular flexibility index (Phi) is 3.15. The second-order valence-electron chi connectivity index (χ2n) is 5.57. The Morgan fingerprint density at radius 2 is 1.87 bits per heavy atom. The summed E-state index contributed by atoms with van der Waals surface area (Å²) in [7, 11) is 0. The molecule has 2 fully saturated rings. The first-order valence-corrected chi connectivity index (χ1v) is 6.38. The van der Waals surface area contributed by atoms with Gasteiger partial charge in [-0.15, -0.1) is 0 Å². The van der Waals surface area contributed by atoms with Crippen LogP contribution in [0.5, 0.6) is 0 Å². The number of Topliss-reactive ketones (excluding diaryl/α,β-unsaturated/α-hetero) is 1. The van der Waals surface area contributed by atoms with Gasteiger partial charge in [0.15, 0.2) is 5.78 Å². The molecule has 0 aromatic rings. The third-order valence-corrected chi connectivity index (χ3v) is 4.20. The molecule has 0 bridgehead atoms. The molecule has 2 aliphatic rings. The number of hydrogen-bond acceptors (Lipinski definition) is 2. The summed E-state index contributed by atoms with van der Waals surface area (Å²) in [5.74, 6) is 0.973. The van der Waals surface area contributed by atoms with Gasteiger partial charge in [-0.25, -0.2) is 0 Å². The monoisotopic (exact) mass is 210 g/mol. The highest BCUT2D eigenvalue weighted by Gasteiger charge is 2.42. The van der Waals surface area contributed by atoms with Crippen molar-refractivity contribution in [2.45, 2.75) is 63.9 Å². The van der Waals surface area contributed by atoms with Crippen molar-refractivity contribution in [3.63, 3.8) is 0 Å². The van der Waals surface area contributed by atoms with Crippen molar-refractivity contribution in [2.24, 2.45) is 11.8 Å². The van der Waals surface area contributed by atoms with Crippen molar-refractivity contribution in [3.8, 4) is 0 Å². The first-order valence-electron chi connectivity index (χ1n) is 6.38. The lowest BCUT2D eigenvalue weighted by atomic mass is 9.75. The van der Waals surface area contributed by atoms with Crippen molar-refractivity contribution in [2.75, 3.05) is 0 Å². The van der Waals surface area contributed by atoms with Gasteiger partial charge in [-0.05, 0) is 44.4 Å². The van der Waals surface area contributed by atoms with Crippen LogP contribution in [0, 0.1) is 11.8 Å². The molecule has 2 heteroatoms. The van der Waals surface area contributed by atoms with E-state index in [1.165, 1.54) is 6.42 Å². The van der Waals surface area contributed by atoms with Gasteiger partial charge < -0.3 is 5.11 Å². The smallest absolute Gasteiger partial charge is 0.167 e. The number of carbonyl (C=O) groups excluding carboxylic acids is 1. The third-order valence-electron chi connectivity index (χ3n) is 4.20. The molecule has 15 heavy (non-hydrogen) atoms. The molecule has 86 valence electrons. The predicted octanol–water partition coefficient (Wildman–Crippen LogP) is 2.69. The minimum atomic E-state index is -0.943. The van der Waals surface area contributed by atoms with Crippen LogP contribution in [0.15, 0.2) is 0 Å². The van der Waals surface area contributed by atoms with Crippen molar-refractivity contribution in [3.05, 3.63) is 0 Å². The van der Waals surface area contributed by atoms with Gasteiger partial charge in [-0.2, -0.15) is 0 Å². The molecule has 0 aromatic carbocycles. The standard InChI is InChI=1S/C13H22O2/c1-10-5-4-6-11(9-10)12(14)13(15)7-2-3-8-13/h10-11,15H,2-9H2,1H3. The molecule has 2 atom stereocenters. The Morgan fingerprint density at radius 3 is 2.47 bits per heavy atom. The molecule has 0 aromatic heterocycles. The largest absolute Gasteiger partial charge is 0.382 e. The average molecular weight is 210 g/mol. The van der Waals surface area contributed by atoms with Gasteiger partial charge in [0.05, 0.1) is 0 Å². The third kappa shape index (κ3) is 2.25. The Bertz CT molecular complexity index is 241. The highest BCUT2D eigenvalue weighted by molar-refractivity contribution is 5.89. The Morgan fingerprint density at radius 1 is 1.20 bits per heavy atom. The van der Waals surface area contributed by atoms with Gasteiger partial charge >= 0.3 is 0 Å². The van der Waals surface area contributed by atoms with Crippen molar-refractivity contribution in [1.82, 2.24) is 0 Å². The lowest BCUT2D eigenvalue weighted by molar-refractivity contribution is -0.142. The lowest BCUT2D eigenvalue weighted by Crippen LogP contribution is -2.41. The van der Waals surface area contributed by atoms with E-state index < -0.39 is 5.60 Å². The molecule has 0 spiro atoms. The van der Waals surface area contributed by atoms with Crippen LogP contribution in [0.4, 0.5) is 0 Å². The van der Waals surface area contributed by atoms with Crippen molar-refractivity contribution >= 4 is 5.78 Å². The van der Waals surface area contributed by atoms with Crippen LogP contribution in [0.3, 0.4) is 0 Å². The van der Waals surface area contributed by atoms with E-state index in [0.29, 0.717) is 18.8 Å². The molecule has 0 radical (unpaired) electrons. The van der Waals surface area contributed by atoms with Crippen LogP contribution in [0.1, 0.15) is 58.3 Å². The van der Waals surface area contributed by atoms with Crippen molar-refractivity contribution in [1.29, 1.82) is 0 Å². The Balaban J connectivity index is 2.00. The number of rotatable bonds is 2. The van der Waals surface area contributed by atoms with Gasteiger partial charge in [0.2, 0.25) is 0 Å². The zero-order valence-corrected chi connectivity index (χ0v) is 9.67. The second-order valence-corrected chi connectivity index (χ2v) is 5.57.